The van der Waals surface area contributed by atoms with Crippen molar-refractivity contribution < 1.29 is 32.0 Å². The average Bonchev–Trinajstić information content (AvgIpc) is 3.41. The number of amides is 1. The molecule has 1 aliphatic heterocycles. The van der Waals surface area contributed by atoms with Crippen LogP contribution in [0.1, 0.15) is 34.7 Å². The van der Waals surface area contributed by atoms with Crippen molar-refractivity contribution in [2.75, 3.05) is 11.4 Å². The molecule has 2 heterocycles. The standard InChI is InChI=1S/C21H16F3N3O4/c22-21(23,24)15-4-1-3-14(11-15)19-25-17(31-26-19)12-30-20(29)13-6-8-16(9-7-13)27-10-2-5-18(27)28/h1,3-4,6-9,11H,2,5,10,12H2. The van der Waals surface area contributed by atoms with E-state index in [2.05, 4.69) is 10.1 Å². The second-order valence-electron chi connectivity index (χ2n) is 6.86. The van der Waals surface area contributed by atoms with Crippen LogP contribution in [0.25, 0.3) is 11.4 Å². The summed E-state index contributed by atoms with van der Waals surface area (Å²) in [5.41, 5.74) is 0.278. The quantitative estimate of drug-likeness (QED) is 0.562. The molecule has 4 rings (SSSR count). The fraction of sp³-hybridized carbons (Fsp3) is 0.238. The molecule has 31 heavy (non-hydrogen) atoms. The topological polar surface area (TPSA) is 85.5 Å². The molecule has 0 N–H and O–H groups in total. The number of carbonyl (C=O) groups is 2. The number of alkyl halides is 3. The highest BCUT2D eigenvalue weighted by atomic mass is 19.4. The Labute approximate surface area is 174 Å². The van der Waals surface area contributed by atoms with Crippen molar-refractivity contribution in [2.45, 2.75) is 25.6 Å². The minimum Gasteiger partial charge on any atom is -0.452 e. The first kappa shape index (κ1) is 20.6. The number of anilines is 1. The molecule has 0 radical (unpaired) electrons. The van der Waals surface area contributed by atoms with E-state index in [9.17, 15) is 22.8 Å². The van der Waals surface area contributed by atoms with Gasteiger partial charge >= 0.3 is 12.1 Å². The fourth-order valence-corrected chi connectivity index (χ4v) is 3.17. The van der Waals surface area contributed by atoms with Crippen LogP contribution < -0.4 is 4.90 Å². The van der Waals surface area contributed by atoms with Crippen LogP contribution in [0.5, 0.6) is 0 Å². The second-order valence-corrected chi connectivity index (χ2v) is 6.86. The van der Waals surface area contributed by atoms with Gasteiger partial charge in [0, 0.05) is 24.2 Å². The molecule has 0 unspecified atom stereocenters. The molecule has 1 aliphatic rings. The van der Waals surface area contributed by atoms with Gasteiger partial charge in [0.05, 0.1) is 11.1 Å². The Bertz CT molecular complexity index is 1110. The summed E-state index contributed by atoms with van der Waals surface area (Å²) in [6.07, 6.45) is -3.18. The van der Waals surface area contributed by atoms with Crippen LogP contribution in [0.2, 0.25) is 0 Å². The number of nitrogens with zero attached hydrogens (tertiary/aromatic N) is 3. The van der Waals surface area contributed by atoms with E-state index in [4.69, 9.17) is 9.26 Å². The molecule has 0 atom stereocenters. The molecule has 1 fully saturated rings. The fourth-order valence-electron chi connectivity index (χ4n) is 3.17. The molecule has 0 spiro atoms. The lowest BCUT2D eigenvalue weighted by atomic mass is 10.1. The number of ether oxygens (including phenoxy) is 1. The predicted molar refractivity (Wildman–Crippen MR) is 102 cm³/mol. The van der Waals surface area contributed by atoms with Crippen LogP contribution in [0.15, 0.2) is 53.1 Å². The number of benzene rings is 2. The highest BCUT2D eigenvalue weighted by Crippen LogP contribution is 2.31. The summed E-state index contributed by atoms with van der Waals surface area (Å²) in [5.74, 6) is -0.696. The van der Waals surface area contributed by atoms with E-state index < -0.39 is 17.7 Å². The van der Waals surface area contributed by atoms with Gasteiger partial charge in [0.2, 0.25) is 11.7 Å². The van der Waals surface area contributed by atoms with Crippen molar-refractivity contribution in [1.29, 1.82) is 0 Å². The van der Waals surface area contributed by atoms with E-state index in [1.54, 1.807) is 29.2 Å². The van der Waals surface area contributed by atoms with Gasteiger partial charge in [0.25, 0.3) is 5.89 Å². The number of halogens is 3. The van der Waals surface area contributed by atoms with Gasteiger partial charge in [0.15, 0.2) is 6.61 Å². The maximum atomic E-state index is 12.9. The van der Waals surface area contributed by atoms with Gasteiger partial charge in [-0.25, -0.2) is 4.79 Å². The lowest BCUT2D eigenvalue weighted by Crippen LogP contribution is -2.23. The summed E-state index contributed by atoms with van der Waals surface area (Å²) >= 11 is 0. The third-order valence-corrected chi connectivity index (χ3v) is 4.73. The van der Waals surface area contributed by atoms with E-state index in [0.29, 0.717) is 18.7 Å². The monoisotopic (exact) mass is 431 g/mol. The summed E-state index contributed by atoms with van der Waals surface area (Å²) < 4.78 is 48.6. The maximum absolute atomic E-state index is 12.9. The molecule has 1 aromatic heterocycles. The van der Waals surface area contributed by atoms with Crippen molar-refractivity contribution in [3.8, 4) is 11.4 Å². The van der Waals surface area contributed by atoms with E-state index in [1.807, 2.05) is 0 Å². The lowest BCUT2D eigenvalue weighted by Gasteiger charge is -2.15. The Kier molecular flexibility index (Phi) is 5.45. The summed E-state index contributed by atoms with van der Waals surface area (Å²) in [6.45, 7) is 0.311. The molecule has 0 bridgehead atoms. The molecule has 3 aromatic rings. The number of rotatable bonds is 5. The largest absolute Gasteiger partial charge is 0.452 e. The molecule has 0 aliphatic carbocycles. The van der Waals surface area contributed by atoms with Gasteiger partial charge in [-0.05, 0) is 42.8 Å². The molecule has 160 valence electrons. The highest BCUT2D eigenvalue weighted by Gasteiger charge is 2.30. The minimum atomic E-state index is -4.49. The Morgan fingerprint density at radius 2 is 1.94 bits per heavy atom. The van der Waals surface area contributed by atoms with Gasteiger partial charge in [0.1, 0.15) is 0 Å². The molecular weight excluding hydrogens is 415 g/mol. The van der Waals surface area contributed by atoms with Gasteiger partial charge in [-0.2, -0.15) is 18.2 Å². The van der Waals surface area contributed by atoms with Crippen LogP contribution in [0.3, 0.4) is 0 Å². The SMILES string of the molecule is O=C(OCc1nc(-c2cccc(C(F)(F)F)c2)no1)c1ccc(N2CCCC2=O)cc1. The first-order valence-corrected chi connectivity index (χ1v) is 9.39. The Morgan fingerprint density at radius 3 is 2.61 bits per heavy atom. The lowest BCUT2D eigenvalue weighted by molar-refractivity contribution is -0.137. The van der Waals surface area contributed by atoms with Gasteiger partial charge in [-0.3, -0.25) is 4.79 Å². The van der Waals surface area contributed by atoms with Crippen LogP contribution >= 0.6 is 0 Å². The molecule has 2 aromatic carbocycles. The highest BCUT2D eigenvalue weighted by molar-refractivity contribution is 5.96. The van der Waals surface area contributed by atoms with Crippen molar-refractivity contribution in [2.24, 2.45) is 0 Å². The average molecular weight is 431 g/mol. The molecule has 0 saturated carbocycles. The number of aromatic nitrogens is 2. The van der Waals surface area contributed by atoms with E-state index in [1.165, 1.54) is 12.1 Å². The van der Waals surface area contributed by atoms with E-state index in [0.717, 1.165) is 18.6 Å². The summed E-state index contributed by atoms with van der Waals surface area (Å²) in [5, 5.41) is 3.64. The van der Waals surface area contributed by atoms with Gasteiger partial charge < -0.3 is 14.2 Å². The molecule has 1 amide bonds. The maximum Gasteiger partial charge on any atom is 0.416 e. The van der Waals surface area contributed by atoms with Gasteiger partial charge in [-0.15, -0.1) is 0 Å². The van der Waals surface area contributed by atoms with Crippen molar-refractivity contribution >= 4 is 17.6 Å². The Morgan fingerprint density at radius 1 is 1.16 bits per heavy atom. The third kappa shape index (κ3) is 4.57. The van der Waals surface area contributed by atoms with E-state index in [-0.39, 0.29) is 35.4 Å². The molecule has 7 nitrogen and oxygen atoms in total. The van der Waals surface area contributed by atoms with E-state index >= 15 is 0 Å². The third-order valence-electron chi connectivity index (χ3n) is 4.73. The van der Waals surface area contributed by atoms with Crippen molar-refractivity contribution in [3.05, 3.63) is 65.5 Å². The first-order chi connectivity index (χ1) is 14.8. The van der Waals surface area contributed by atoms with Crippen LogP contribution in [-0.2, 0) is 22.3 Å². The van der Waals surface area contributed by atoms with Crippen LogP contribution in [0, 0.1) is 0 Å². The van der Waals surface area contributed by atoms with Crippen LogP contribution in [0.4, 0.5) is 18.9 Å². The first-order valence-electron chi connectivity index (χ1n) is 9.39. The summed E-state index contributed by atoms with van der Waals surface area (Å²) in [7, 11) is 0. The van der Waals surface area contributed by atoms with Crippen LogP contribution in [-0.4, -0.2) is 28.6 Å². The zero-order valence-electron chi connectivity index (χ0n) is 16.1. The minimum absolute atomic E-state index is 0.0446. The summed E-state index contributed by atoms with van der Waals surface area (Å²) in [4.78, 5) is 29.6. The second kappa shape index (κ2) is 8.21. The van der Waals surface area contributed by atoms with Crippen molar-refractivity contribution in [3.63, 3.8) is 0 Å². The smallest absolute Gasteiger partial charge is 0.416 e. The molecule has 1 saturated heterocycles. The molecular formula is C21H16F3N3O4. The Hall–Kier alpha value is -3.69. The van der Waals surface area contributed by atoms with Gasteiger partial charge in [-0.1, -0.05) is 17.3 Å². The normalized spacial score (nSPS) is 14.2. The zero-order chi connectivity index (χ0) is 22.0. The molecule has 10 heteroatoms. The zero-order valence-corrected chi connectivity index (χ0v) is 16.1. The number of hydrogen-bond donors (Lipinski definition) is 0. The number of hydrogen-bond acceptors (Lipinski definition) is 6. The number of carbonyl (C=O) groups excluding carboxylic acids is 2. The predicted octanol–water partition coefficient (Wildman–Crippen LogP) is 4.24. The Balaban J connectivity index is 1.38. The van der Waals surface area contributed by atoms with Crippen molar-refractivity contribution in [1.82, 2.24) is 10.1 Å². The number of esters is 1. The summed E-state index contributed by atoms with van der Waals surface area (Å²) in [6, 6.07) is 10.9.